The average Bonchev–Trinajstić information content (AvgIpc) is 1.00. The Kier molecular flexibility index (Phi) is 108. The van der Waals surface area contributed by atoms with Crippen molar-refractivity contribution in [3.63, 3.8) is 0 Å². The summed E-state index contributed by atoms with van der Waals surface area (Å²) in [6, 6.07) is 0. The third kappa shape index (κ3) is 17.8. The molecule has 0 bridgehead atoms. The molecule has 0 aromatic rings. The molecular formula is HErGdOSYb-. The van der Waals surface area contributed by atoms with Crippen LogP contribution in [0.15, 0.2) is 0 Å². The minimum atomic E-state index is 0. The molecule has 0 rings (SSSR count). The Morgan fingerprint density at radius 2 is 1.20 bits per heavy atom. The monoisotopic (exact) mass is 547 g/mol. The number of rotatable bonds is 0. The molecule has 1 N–H and O–H groups in total. The molecule has 0 aromatic heterocycles. The van der Waals surface area contributed by atoms with E-state index in [1.807, 2.05) is 0 Å². The van der Waals surface area contributed by atoms with Crippen molar-refractivity contribution in [2.45, 2.75) is 0 Å². The Balaban J connectivity index is -0.00000000167. The molecule has 0 aromatic carbocycles. The smallest absolute Gasteiger partial charge is 0 e. The fourth-order valence-electron chi connectivity index (χ4n) is 0. The van der Waals surface area contributed by atoms with Crippen molar-refractivity contribution in [3.05, 3.63) is 0 Å². The van der Waals surface area contributed by atoms with Crippen LogP contribution in [0.4, 0.5) is 0 Å². The molecule has 0 unspecified atom stereocenters. The zero-order valence-electron chi connectivity index (χ0n) is 1.76. The van der Waals surface area contributed by atoms with Gasteiger partial charge in [0.15, 0.2) is 0 Å². The predicted molar refractivity (Wildman–Crippen MR) is 9.99 cm³/mol. The van der Waals surface area contributed by atoms with Crippen LogP contribution in [0.5, 0.6) is 0 Å². The van der Waals surface area contributed by atoms with E-state index in [9.17, 15) is 0 Å². The zero-order valence-corrected chi connectivity index (χ0v) is 8.42. The molecule has 0 aliphatic carbocycles. The third-order valence-electron chi connectivity index (χ3n) is 0. The predicted octanol–water partition coefficient (Wildman–Crippen LogP) is 0.00630. The van der Waals surface area contributed by atoms with Gasteiger partial charge in [0.05, 0.1) is 0 Å². The largest absolute Gasteiger partial charge is 0.628 e. The maximum atomic E-state index is 6.58. The SMILES string of the molecule is O[S-].[Er].[Gd].[Yb]. The number of hydrogen-bond acceptors (Lipinski definition) is 2. The van der Waals surface area contributed by atoms with Crippen molar-refractivity contribution in [1.82, 2.24) is 0 Å². The van der Waals surface area contributed by atoms with Crippen LogP contribution >= 0.6 is 0 Å². The maximum Gasteiger partial charge on any atom is 0 e. The van der Waals surface area contributed by atoms with Gasteiger partial charge in [0.1, 0.15) is 0 Å². The van der Waals surface area contributed by atoms with E-state index >= 15 is 0 Å². The van der Waals surface area contributed by atoms with Crippen LogP contribution in [-0.2, 0) is 12.9 Å². The molecule has 0 heterocycles. The summed E-state index contributed by atoms with van der Waals surface area (Å²) in [6.45, 7) is 0. The van der Waals surface area contributed by atoms with Crippen LogP contribution in [0, 0.1) is 124 Å². The molecule has 0 aliphatic rings. The fraction of sp³-hybridized carbons (Fsp3) is 0. The normalized spacial score (nSPS) is 1.20. The summed E-state index contributed by atoms with van der Waals surface area (Å²) in [5.41, 5.74) is 0. The summed E-state index contributed by atoms with van der Waals surface area (Å²) in [6.07, 6.45) is 0. The van der Waals surface area contributed by atoms with Crippen molar-refractivity contribution in [2.75, 3.05) is 0 Å². The van der Waals surface area contributed by atoms with Gasteiger partial charge >= 0.3 is 0 Å². The second-order valence-corrected chi connectivity index (χ2v) is 0. The van der Waals surface area contributed by atoms with Crippen molar-refractivity contribution < 1.29 is 129 Å². The first-order valence-electron chi connectivity index (χ1n) is 0.183. The van der Waals surface area contributed by atoms with E-state index in [0.717, 1.165) is 0 Å². The summed E-state index contributed by atoms with van der Waals surface area (Å²) in [5, 5.41) is 0. The van der Waals surface area contributed by atoms with Gasteiger partial charge in [-0.15, -0.1) is 0 Å². The van der Waals surface area contributed by atoms with E-state index in [-0.39, 0.29) is 124 Å². The van der Waals surface area contributed by atoms with Crippen LogP contribution in [0.1, 0.15) is 0 Å². The van der Waals surface area contributed by atoms with Gasteiger partial charge < -0.3 is 17.5 Å². The summed E-state index contributed by atoms with van der Waals surface area (Å²) < 4.78 is 6.58. The van der Waals surface area contributed by atoms with E-state index in [2.05, 4.69) is 12.9 Å². The Labute approximate surface area is 137 Å². The second-order valence-electron chi connectivity index (χ2n) is 0. The standard InChI is InChI=1S/Er.Gd.H2OS.Yb/c;;1-2;/h;;1-2H;/p-1. The Morgan fingerprint density at radius 1 is 1.20 bits per heavy atom. The van der Waals surface area contributed by atoms with E-state index in [4.69, 9.17) is 4.55 Å². The van der Waals surface area contributed by atoms with Gasteiger partial charge in [0, 0.05) is 124 Å². The summed E-state index contributed by atoms with van der Waals surface area (Å²) in [5.74, 6) is 0. The maximum absolute atomic E-state index is 6.58. The summed E-state index contributed by atoms with van der Waals surface area (Å²) in [7, 11) is 0. The first kappa shape index (κ1) is 22.7. The molecule has 0 amide bonds. The zero-order chi connectivity index (χ0) is 2.00. The van der Waals surface area contributed by atoms with Crippen LogP contribution in [0.2, 0.25) is 0 Å². The minimum absolute atomic E-state index is 0. The van der Waals surface area contributed by atoms with E-state index in [0.29, 0.717) is 0 Å². The van der Waals surface area contributed by atoms with Crippen LogP contribution in [0.3, 0.4) is 0 Å². The molecule has 0 radical (unpaired) electrons. The van der Waals surface area contributed by atoms with Gasteiger partial charge in [-0.05, 0) is 0 Å². The van der Waals surface area contributed by atoms with Gasteiger partial charge in [-0.2, -0.15) is 0 Å². The Morgan fingerprint density at radius 3 is 1.20 bits per heavy atom. The van der Waals surface area contributed by atoms with Crippen LogP contribution in [-0.4, -0.2) is 4.55 Å². The molecular weight excluding hydrogens is 546 g/mol. The summed E-state index contributed by atoms with van der Waals surface area (Å²) in [4.78, 5) is 0. The van der Waals surface area contributed by atoms with E-state index in [1.165, 1.54) is 0 Å². The third-order valence-corrected chi connectivity index (χ3v) is 0. The molecule has 5 heteroatoms. The van der Waals surface area contributed by atoms with Crippen molar-refractivity contribution >= 4 is 12.9 Å². The van der Waals surface area contributed by atoms with Crippen LogP contribution < -0.4 is 0 Å². The molecule has 0 spiro atoms. The van der Waals surface area contributed by atoms with Gasteiger partial charge in [-0.1, -0.05) is 0 Å². The molecule has 5 heavy (non-hydrogen) atoms. The summed E-state index contributed by atoms with van der Waals surface area (Å²) >= 11 is 3.08. The van der Waals surface area contributed by atoms with Crippen molar-refractivity contribution in [2.24, 2.45) is 0 Å². The topological polar surface area (TPSA) is 20.2 Å². The molecule has 0 aliphatic heterocycles. The van der Waals surface area contributed by atoms with Gasteiger partial charge in [0.25, 0.3) is 0 Å². The fourth-order valence-corrected chi connectivity index (χ4v) is 0. The average molecular weight is 547 g/mol. The van der Waals surface area contributed by atoms with Crippen molar-refractivity contribution in [1.29, 1.82) is 0 Å². The molecule has 0 saturated heterocycles. The van der Waals surface area contributed by atoms with Crippen LogP contribution in [0.25, 0.3) is 0 Å². The first-order chi connectivity index (χ1) is 1.00. The Bertz CT molecular complexity index is 11.6. The minimum Gasteiger partial charge on any atom is -0.628 e. The first-order valence-corrected chi connectivity index (χ1v) is 0.548. The van der Waals surface area contributed by atoms with E-state index < -0.39 is 0 Å². The quantitative estimate of drug-likeness (QED) is 0.432. The molecule has 0 atom stereocenters. The van der Waals surface area contributed by atoms with E-state index in [1.54, 1.807) is 0 Å². The number of hydrogen-bond donors (Lipinski definition) is 1. The molecule has 0 fully saturated rings. The molecule has 1 nitrogen and oxygen atoms in total. The van der Waals surface area contributed by atoms with Gasteiger partial charge in [-0.3, -0.25) is 0 Å². The van der Waals surface area contributed by atoms with Gasteiger partial charge in [-0.25, -0.2) is 0 Å². The van der Waals surface area contributed by atoms with Gasteiger partial charge in [0.2, 0.25) is 0 Å². The molecule has 48 valence electrons. The second kappa shape index (κ2) is 23.8. The van der Waals surface area contributed by atoms with Crippen molar-refractivity contribution in [3.8, 4) is 0 Å². The molecule has 0 saturated carbocycles. The Hall–Kier alpha value is 4.40.